The normalized spacial score (nSPS) is 12.4. The van der Waals surface area contributed by atoms with Crippen molar-refractivity contribution in [1.82, 2.24) is 9.78 Å². The first-order valence-corrected chi connectivity index (χ1v) is 6.04. The van der Waals surface area contributed by atoms with Crippen LogP contribution in [0.1, 0.15) is 24.3 Å². The van der Waals surface area contributed by atoms with Gasteiger partial charge in [0.25, 0.3) is 0 Å². The molecule has 0 aliphatic carbocycles. The zero-order chi connectivity index (χ0) is 13.0. The Bertz CT molecular complexity index is 489. The van der Waals surface area contributed by atoms with Gasteiger partial charge in [0, 0.05) is 25.4 Å². The Morgan fingerprint density at radius 2 is 2.00 bits per heavy atom. The second kappa shape index (κ2) is 5.69. The number of benzene rings is 1. The van der Waals surface area contributed by atoms with Crippen LogP contribution in [0.25, 0.3) is 0 Å². The largest absolute Gasteiger partial charge is 0.493 e. The van der Waals surface area contributed by atoms with Crippen LogP contribution in [0.5, 0.6) is 5.75 Å². The predicted molar refractivity (Wildman–Crippen MR) is 69.5 cm³/mol. The summed E-state index contributed by atoms with van der Waals surface area (Å²) in [6.45, 7) is 2.37. The summed E-state index contributed by atoms with van der Waals surface area (Å²) < 4.78 is 7.49. The third-order valence-electron chi connectivity index (χ3n) is 2.91. The Hall–Kier alpha value is -1.81. The van der Waals surface area contributed by atoms with E-state index in [2.05, 4.69) is 5.10 Å². The van der Waals surface area contributed by atoms with Crippen LogP contribution in [0.3, 0.4) is 0 Å². The fourth-order valence-corrected chi connectivity index (χ4v) is 1.76. The molecule has 0 radical (unpaired) electrons. The van der Waals surface area contributed by atoms with Crippen LogP contribution < -0.4 is 4.74 Å². The van der Waals surface area contributed by atoms with Crippen LogP contribution in [-0.2, 0) is 13.5 Å². The minimum Gasteiger partial charge on any atom is -0.493 e. The van der Waals surface area contributed by atoms with Gasteiger partial charge in [0.05, 0.1) is 12.7 Å². The standard InChI is InChI=1S/C14H18N2O2/c1-11(17)12-3-5-14(6-4-12)18-10-8-13-7-9-15-16(13)2/h3-7,9,11,17H,8,10H2,1-2H3/t11-/m0/s1. The molecule has 1 aromatic heterocycles. The minimum atomic E-state index is -0.437. The summed E-state index contributed by atoms with van der Waals surface area (Å²) in [5.41, 5.74) is 2.05. The summed E-state index contributed by atoms with van der Waals surface area (Å²) in [5.74, 6) is 0.821. The van der Waals surface area contributed by atoms with Crippen molar-refractivity contribution in [2.45, 2.75) is 19.4 Å². The van der Waals surface area contributed by atoms with Crippen molar-refractivity contribution in [3.05, 3.63) is 47.8 Å². The molecule has 1 aromatic carbocycles. The molecule has 2 rings (SSSR count). The molecule has 0 aliphatic heterocycles. The quantitative estimate of drug-likeness (QED) is 0.878. The number of hydrogen-bond donors (Lipinski definition) is 1. The van der Waals surface area contributed by atoms with Crippen molar-refractivity contribution in [1.29, 1.82) is 0 Å². The van der Waals surface area contributed by atoms with E-state index in [1.54, 1.807) is 13.1 Å². The molecule has 1 N–H and O–H groups in total. The van der Waals surface area contributed by atoms with Gasteiger partial charge in [0.2, 0.25) is 0 Å². The predicted octanol–water partition coefficient (Wildman–Crippen LogP) is 2.09. The Kier molecular flexibility index (Phi) is 3.99. The number of aliphatic hydroxyl groups is 1. The van der Waals surface area contributed by atoms with Gasteiger partial charge >= 0.3 is 0 Å². The van der Waals surface area contributed by atoms with Gasteiger partial charge in [-0.05, 0) is 30.7 Å². The van der Waals surface area contributed by atoms with Gasteiger partial charge in [0.1, 0.15) is 5.75 Å². The highest BCUT2D eigenvalue weighted by Gasteiger charge is 2.02. The van der Waals surface area contributed by atoms with Crippen molar-refractivity contribution >= 4 is 0 Å². The molecule has 0 aliphatic rings. The highest BCUT2D eigenvalue weighted by atomic mass is 16.5. The van der Waals surface area contributed by atoms with Crippen LogP contribution in [0.15, 0.2) is 36.5 Å². The number of ether oxygens (including phenoxy) is 1. The maximum atomic E-state index is 9.40. The van der Waals surface area contributed by atoms with Gasteiger partial charge in [-0.25, -0.2) is 0 Å². The van der Waals surface area contributed by atoms with Gasteiger partial charge in [-0.1, -0.05) is 12.1 Å². The number of rotatable bonds is 5. The van der Waals surface area contributed by atoms with E-state index in [4.69, 9.17) is 4.74 Å². The third kappa shape index (κ3) is 3.11. The number of aromatic nitrogens is 2. The number of hydrogen-bond acceptors (Lipinski definition) is 3. The molecule has 0 bridgehead atoms. The maximum Gasteiger partial charge on any atom is 0.119 e. The van der Waals surface area contributed by atoms with Crippen molar-refractivity contribution in [3.8, 4) is 5.75 Å². The first kappa shape index (κ1) is 12.6. The molecule has 4 heteroatoms. The van der Waals surface area contributed by atoms with Crippen LogP contribution >= 0.6 is 0 Å². The molecular weight excluding hydrogens is 228 g/mol. The molecular formula is C14H18N2O2. The summed E-state index contributed by atoms with van der Waals surface area (Å²) >= 11 is 0. The van der Waals surface area contributed by atoms with Crippen molar-refractivity contribution in [3.63, 3.8) is 0 Å². The van der Waals surface area contributed by atoms with Crippen molar-refractivity contribution in [2.75, 3.05) is 6.61 Å². The van der Waals surface area contributed by atoms with E-state index < -0.39 is 6.10 Å². The van der Waals surface area contributed by atoms with Crippen LogP contribution in [0.2, 0.25) is 0 Å². The SMILES string of the molecule is C[C@H](O)c1ccc(OCCc2ccnn2C)cc1. The lowest BCUT2D eigenvalue weighted by Gasteiger charge is -2.08. The van der Waals surface area contributed by atoms with E-state index >= 15 is 0 Å². The van der Waals surface area contributed by atoms with Gasteiger partial charge in [-0.15, -0.1) is 0 Å². The molecule has 1 heterocycles. The number of aliphatic hydroxyl groups excluding tert-OH is 1. The molecule has 1 atom stereocenters. The molecule has 0 fully saturated rings. The third-order valence-corrected chi connectivity index (χ3v) is 2.91. The zero-order valence-corrected chi connectivity index (χ0v) is 10.7. The van der Waals surface area contributed by atoms with Crippen molar-refractivity contribution < 1.29 is 9.84 Å². The van der Waals surface area contributed by atoms with E-state index in [1.165, 1.54) is 0 Å². The monoisotopic (exact) mass is 246 g/mol. The number of nitrogens with zero attached hydrogens (tertiary/aromatic N) is 2. The highest BCUT2D eigenvalue weighted by Crippen LogP contribution is 2.17. The summed E-state index contributed by atoms with van der Waals surface area (Å²) in [4.78, 5) is 0. The van der Waals surface area contributed by atoms with E-state index in [0.717, 1.165) is 23.4 Å². The summed E-state index contributed by atoms with van der Waals surface area (Å²) in [7, 11) is 1.92. The Balaban J connectivity index is 1.85. The van der Waals surface area contributed by atoms with Crippen LogP contribution in [0.4, 0.5) is 0 Å². The Labute approximate surface area is 107 Å². The first-order valence-electron chi connectivity index (χ1n) is 6.04. The zero-order valence-electron chi connectivity index (χ0n) is 10.7. The second-order valence-electron chi connectivity index (χ2n) is 4.29. The lowest BCUT2D eigenvalue weighted by molar-refractivity contribution is 0.199. The average molecular weight is 246 g/mol. The van der Waals surface area contributed by atoms with Crippen LogP contribution in [0, 0.1) is 0 Å². The van der Waals surface area contributed by atoms with E-state index in [-0.39, 0.29) is 0 Å². The summed E-state index contributed by atoms with van der Waals surface area (Å²) in [6.07, 6.45) is 2.18. The summed E-state index contributed by atoms with van der Waals surface area (Å²) in [6, 6.07) is 9.50. The van der Waals surface area contributed by atoms with Gasteiger partial charge in [0.15, 0.2) is 0 Å². The van der Waals surface area contributed by atoms with E-state index in [9.17, 15) is 5.11 Å². The van der Waals surface area contributed by atoms with Crippen LogP contribution in [-0.4, -0.2) is 21.5 Å². The first-order chi connectivity index (χ1) is 8.66. The molecule has 4 nitrogen and oxygen atoms in total. The smallest absolute Gasteiger partial charge is 0.119 e. The Morgan fingerprint density at radius 3 is 2.56 bits per heavy atom. The number of aryl methyl sites for hydroxylation is 1. The molecule has 0 spiro atoms. The molecule has 96 valence electrons. The van der Waals surface area contributed by atoms with E-state index in [1.807, 2.05) is 42.1 Å². The fraction of sp³-hybridized carbons (Fsp3) is 0.357. The average Bonchev–Trinajstić information content (AvgIpc) is 2.76. The van der Waals surface area contributed by atoms with Gasteiger partial charge in [-0.3, -0.25) is 4.68 Å². The van der Waals surface area contributed by atoms with Crippen molar-refractivity contribution in [2.24, 2.45) is 7.05 Å². The van der Waals surface area contributed by atoms with Gasteiger partial charge in [-0.2, -0.15) is 5.10 Å². The molecule has 0 saturated heterocycles. The molecule has 0 amide bonds. The fourth-order valence-electron chi connectivity index (χ4n) is 1.76. The van der Waals surface area contributed by atoms with E-state index in [0.29, 0.717) is 6.61 Å². The molecule has 0 unspecified atom stereocenters. The molecule has 2 aromatic rings. The summed E-state index contributed by atoms with van der Waals surface area (Å²) in [5, 5.41) is 13.5. The second-order valence-corrected chi connectivity index (χ2v) is 4.29. The topological polar surface area (TPSA) is 47.3 Å². The van der Waals surface area contributed by atoms with Gasteiger partial charge < -0.3 is 9.84 Å². The minimum absolute atomic E-state index is 0.437. The maximum absolute atomic E-state index is 9.40. The highest BCUT2D eigenvalue weighted by molar-refractivity contribution is 5.28. The molecule has 18 heavy (non-hydrogen) atoms. The lowest BCUT2D eigenvalue weighted by Crippen LogP contribution is -2.06. The lowest BCUT2D eigenvalue weighted by atomic mass is 10.1. The molecule has 0 saturated carbocycles. The Morgan fingerprint density at radius 1 is 1.28 bits per heavy atom.